The second-order valence-corrected chi connectivity index (χ2v) is 8.99. The van der Waals surface area contributed by atoms with Crippen LogP contribution in [-0.2, 0) is 6.61 Å². The zero-order valence-corrected chi connectivity index (χ0v) is 18.5. The van der Waals surface area contributed by atoms with Gasteiger partial charge in [-0.25, -0.2) is 18.2 Å². The van der Waals surface area contributed by atoms with E-state index in [0.717, 1.165) is 17.0 Å². The highest BCUT2D eigenvalue weighted by Crippen LogP contribution is 2.34. The molecule has 1 unspecified atom stereocenters. The summed E-state index contributed by atoms with van der Waals surface area (Å²) >= 11 is 1.51. The number of carbonyl (C=O) groups excluding carboxylic acids is 1. The molecule has 6 nitrogen and oxygen atoms in total. The van der Waals surface area contributed by atoms with Gasteiger partial charge in [0.15, 0.2) is 0 Å². The summed E-state index contributed by atoms with van der Waals surface area (Å²) in [4.78, 5) is 18.4. The first-order valence-corrected chi connectivity index (χ1v) is 11.2. The minimum Gasteiger partial charge on any atom is -0.488 e. The SMILES string of the molecule is Cc1ncsc1COc1ccc2oc(C)c(C(=O)NC3(CNC(F)C(F)F)CCC3)c2c1. The molecule has 3 aromatic rings. The predicted molar refractivity (Wildman–Crippen MR) is 115 cm³/mol. The molecule has 0 bridgehead atoms. The molecule has 1 aliphatic carbocycles. The van der Waals surface area contributed by atoms with E-state index in [1.165, 1.54) is 11.3 Å². The molecule has 10 heteroatoms. The van der Waals surface area contributed by atoms with Crippen LogP contribution < -0.4 is 15.4 Å². The normalized spacial score (nSPS) is 16.2. The lowest BCUT2D eigenvalue weighted by Gasteiger charge is -2.43. The number of hydrogen-bond acceptors (Lipinski definition) is 6. The van der Waals surface area contributed by atoms with E-state index < -0.39 is 18.3 Å². The maximum Gasteiger partial charge on any atom is 0.282 e. The monoisotopic (exact) mass is 467 g/mol. The second kappa shape index (κ2) is 9.11. The number of aromatic nitrogens is 1. The summed E-state index contributed by atoms with van der Waals surface area (Å²) in [5.41, 5.74) is 2.81. The van der Waals surface area contributed by atoms with Crippen LogP contribution in [0.3, 0.4) is 0 Å². The minimum atomic E-state index is -3.12. The van der Waals surface area contributed by atoms with E-state index in [1.807, 2.05) is 6.92 Å². The van der Waals surface area contributed by atoms with Crippen molar-refractivity contribution in [2.24, 2.45) is 0 Å². The number of thiazole rings is 1. The number of furan rings is 1. The lowest BCUT2D eigenvalue weighted by Crippen LogP contribution is -2.60. The number of nitrogens with zero attached hydrogens (tertiary/aromatic N) is 1. The molecule has 32 heavy (non-hydrogen) atoms. The third-order valence-corrected chi connectivity index (χ3v) is 6.73. The van der Waals surface area contributed by atoms with Crippen LogP contribution in [0.1, 0.15) is 46.0 Å². The van der Waals surface area contributed by atoms with Crippen molar-refractivity contribution < 1.29 is 27.1 Å². The first-order valence-electron chi connectivity index (χ1n) is 10.3. The first-order chi connectivity index (χ1) is 15.3. The van der Waals surface area contributed by atoms with E-state index in [-0.39, 0.29) is 12.5 Å². The zero-order chi connectivity index (χ0) is 22.9. The molecule has 4 rings (SSSR count). The van der Waals surface area contributed by atoms with Gasteiger partial charge in [0.25, 0.3) is 12.3 Å². The van der Waals surface area contributed by atoms with Crippen LogP contribution in [0, 0.1) is 13.8 Å². The number of rotatable bonds is 9. The number of halogens is 3. The molecule has 2 aromatic heterocycles. The van der Waals surface area contributed by atoms with Crippen LogP contribution in [0.2, 0.25) is 0 Å². The van der Waals surface area contributed by atoms with Gasteiger partial charge >= 0.3 is 0 Å². The van der Waals surface area contributed by atoms with Gasteiger partial charge < -0.3 is 14.5 Å². The Hall–Kier alpha value is -2.59. The molecule has 0 aliphatic heterocycles. The summed E-state index contributed by atoms with van der Waals surface area (Å²) in [7, 11) is 0. The Morgan fingerprint density at radius 1 is 1.31 bits per heavy atom. The summed E-state index contributed by atoms with van der Waals surface area (Å²) in [5.74, 6) is 0.634. The molecular weight excluding hydrogens is 443 g/mol. The maximum absolute atomic E-state index is 13.3. The number of fused-ring (bicyclic) bond motifs is 1. The van der Waals surface area contributed by atoms with E-state index >= 15 is 0 Å². The Labute approximate surface area is 187 Å². The number of amides is 1. The molecule has 0 radical (unpaired) electrons. The Bertz CT molecular complexity index is 1110. The van der Waals surface area contributed by atoms with Crippen LogP contribution in [0.4, 0.5) is 13.2 Å². The van der Waals surface area contributed by atoms with Crippen LogP contribution in [0.15, 0.2) is 28.1 Å². The van der Waals surface area contributed by atoms with E-state index in [0.29, 0.717) is 47.5 Å². The summed E-state index contributed by atoms with van der Waals surface area (Å²) in [5, 5.41) is 5.71. The highest BCUT2D eigenvalue weighted by atomic mass is 32.1. The highest BCUT2D eigenvalue weighted by Gasteiger charge is 2.40. The number of hydrogen-bond donors (Lipinski definition) is 2. The van der Waals surface area contributed by atoms with E-state index in [2.05, 4.69) is 15.6 Å². The minimum absolute atomic E-state index is 0.0678. The lowest BCUT2D eigenvalue weighted by molar-refractivity contribution is 0.0212. The zero-order valence-electron chi connectivity index (χ0n) is 17.7. The Morgan fingerprint density at radius 2 is 2.09 bits per heavy atom. The second-order valence-electron chi connectivity index (χ2n) is 8.05. The number of carbonyl (C=O) groups is 1. The van der Waals surface area contributed by atoms with Gasteiger partial charge in [0.2, 0.25) is 6.30 Å². The summed E-state index contributed by atoms with van der Waals surface area (Å²) in [6.45, 7) is 3.90. The highest BCUT2D eigenvalue weighted by molar-refractivity contribution is 7.09. The van der Waals surface area contributed by atoms with Crippen molar-refractivity contribution in [1.82, 2.24) is 15.6 Å². The van der Waals surface area contributed by atoms with Gasteiger partial charge in [0.1, 0.15) is 23.7 Å². The molecule has 1 atom stereocenters. The van der Waals surface area contributed by atoms with Gasteiger partial charge in [-0.05, 0) is 51.3 Å². The fraction of sp³-hybridized carbons (Fsp3) is 0.455. The van der Waals surface area contributed by atoms with Crippen molar-refractivity contribution in [3.63, 3.8) is 0 Å². The molecule has 1 saturated carbocycles. The number of ether oxygens (including phenoxy) is 1. The maximum atomic E-state index is 13.3. The molecule has 1 aromatic carbocycles. The van der Waals surface area contributed by atoms with Crippen LogP contribution in [-0.4, -0.2) is 35.7 Å². The van der Waals surface area contributed by atoms with E-state index in [1.54, 1.807) is 30.6 Å². The lowest BCUT2D eigenvalue weighted by atomic mass is 9.76. The van der Waals surface area contributed by atoms with Crippen LogP contribution >= 0.6 is 11.3 Å². The van der Waals surface area contributed by atoms with Gasteiger partial charge in [-0.3, -0.25) is 10.1 Å². The van der Waals surface area contributed by atoms with Gasteiger partial charge in [-0.1, -0.05) is 0 Å². The average Bonchev–Trinajstić information content (AvgIpc) is 3.29. The first kappa shape index (κ1) is 22.6. The van der Waals surface area contributed by atoms with E-state index in [4.69, 9.17) is 9.15 Å². The van der Waals surface area contributed by atoms with Gasteiger partial charge in [-0.2, -0.15) is 0 Å². The van der Waals surface area contributed by atoms with Gasteiger partial charge in [0.05, 0.1) is 27.2 Å². The quantitative estimate of drug-likeness (QED) is 0.439. The van der Waals surface area contributed by atoms with Crippen molar-refractivity contribution >= 4 is 28.2 Å². The average molecular weight is 468 g/mol. The van der Waals surface area contributed by atoms with Crippen molar-refractivity contribution in [3.05, 3.63) is 45.6 Å². The largest absolute Gasteiger partial charge is 0.488 e. The molecule has 2 N–H and O–H groups in total. The number of benzene rings is 1. The van der Waals surface area contributed by atoms with Crippen molar-refractivity contribution in [3.8, 4) is 5.75 Å². The van der Waals surface area contributed by atoms with E-state index in [9.17, 15) is 18.0 Å². The molecule has 1 amide bonds. The summed E-state index contributed by atoms with van der Waals surface area (Å²) < 4.78 is 50.0. The molecular formula is C22H24F3N3O3S. The van der Waals surface area contributed by atoms with Crippen LogP contribution in [0.5, 0.6) is 5.75 Å². The topological polar surface area (TPSA) is 76.4 Å². The predicted octanol–water partition coefficient (Wildman–Crippen LogP) is 4.89. The fourth-order valence-electron chi connectivity index (χ4n) is 3.82. The third-order valence-electron chi connectivity index (χ3n) is 5.82. The Balaban J connectivity index is 1.51. The molecule has 2 heterocycles. The fourth-order valence-corrected chi connectivity index (χ4v) is 4.51. The molecule has 172 valence electrons. The molecule has 1 fully saturated rings. The molecule has 0 saturated heterocycles. The number of nitrogens with one attached hydrogen (secondary N) is 2. The smallest absolute Gasteiger partial charge is 0.282 e. The Kier molecular flexibility index (Phi) is 6.43. The van der Waals surface area contributed by atoms with Gasteiger partial charge in [0, 0.05) is 11.9 Å². The van der Waals surface area contributed by atoms with Crippen molar-refractivity contribution in [2.75, 3.05) is 6.54 Å². The number of aryl methyl sites for hydroxylation is 2. The molecule has 1 aliphatic rings. The standard InChI is InChI=1S/C22H24F3N3O3S/c1-12-17(32-11-27-12)9-30-14-4-5-16-15(8-14)18(13(2)31-16)21(29)28-22(6-3-7-22)10-26-20(25)19(23)24/h4-5,8,11,19-20,26H,3,6-7,9-10H2,1-2H3,(H,28,29). The van der Waals surface area contributed by atoms with Crippen molar-refractivity contribution in [2.45, 2.75) is 58.0 Å². The third kappa shape index (κ3) is 4.61. The van der Waals surface area contributed by atoms with Crippen molar-refractivity contribution in [1.29, 1.82) is 0 Å². The molecule has 0 spiro atoms. The summed E-state index contributed by atoms with van der Waals surface area (Å²) in [6.07, 6.45) is -3.55. The van der Waals surface area contributed by atoms with Crippen LogP contribution in [0.25, 0.3) is 11.0 Å². The van der Waals surface area contributed by atoms with Gasteiger partial charge in [-0.15, -0.1) is 11.3 Å². The number of alkyl halides is 3. The Morgan fingerprint density at radius 3 is 2.72 bits per heavy atom. The summed E-state index contributed by atoms with van der Waals surface area (Å²) in [6, 6.07) is 5.26.